The third-order valence-corrected chi connectivity index (χ3v) is 9.43. The summed E-state index contributed by atoms with van der Waals surface area (Å²) in [5, 5.41) is 18.0. The lowest BCUT2D eigenvalue weighted by Gasteiger charge is -2.39. The molecule has 0 spiro atoms. The number of pyridine rings is 1. The second-order valence-electron chi connectivity index (χ2n) is 12.2. The number of ketones is 1. The zero-order chi connectivity index (χ0) is 31.5. The van der Waals surface area contributed by atoms with E-state index in [9.17, 15) is 28.8 Å². The molecule has 43 heavy (non-hydrogen) atoms. The number of aromatic nitrogens is 4. The number of likely N-dealkylation sites (N-methyl/N-ethyl adjacent to an activating group) is 1. The van der Waals surface area contributed by atoms with Crippen LogP contribution in [-0.4, -0.2) is 67.6 Å². The monoisotopic (exact) mass is 596 g/mol. The predicted octanol–water partition coefficient (Wildman–Crippen LogP) is 0.530. The fourth-order valence-electron chi connectivity index (χ4n) is 6.39. The molecule has 2 fully saturated rings. The first-order valence-electron chi connectivity index (χ1n) is 14.5. The number of hydrogen-bond donors (Lipinski definition) is 4. The van der Waals surface area contributed by atoms with Crippen molar-refractivity contribution in [1.29, 1.82) is 0 Å². The van der Waals surface area contributed by atoms with Crippen LogP contribution in [0, 0.1) is 16.7 Å². The lowest BCUT2D eigenvalue weighted by Crippen LogP contribution is -2.48. The highest BCUT2D eigenvalue weighted by molar-refractivity contribution is 6.36. The van der Waals surface area contributed by atoms with E-state index in [1.54, 1.807) is 14.0 Å². The van der Waals surface area contributed by atoms with E-state index in [0.29, 0.717) is 5.92 Å². The minimum atomic E-state index is -1.29. The maximum atomic E-state index is 13.3. The van der Waals surface area contributed by atoms with Gasteiger partial charge in [-0.1, -0.05) is 26.0 Å². The smallest absolute Gasteiger partial charge is 0.287 e. The Morgan fingerprint density at radius 2 is 1.91 bits per heavy atom. The van der Waals surface area contributed by atoms with Gasteiger partial charge < -0.3 is 25.8 Å². The number of fused-ring (bicyclic) bond motifs is 2. The summed E-state index contributed by atoms with van der Waals surface area (Å²) >= 11 is 0. The van der Waals surface area contributed by atoms with E-state index in [4.69, 9.17) is 0 Å². The van der Waals surface area contributed by atoms with Crippen LogP contribution in [0.1, 0.15) is 70.3 Å². The number of nitrogens with one attached hydrogen (secondary N) is 4. The van der Waals surface area contributed by atoms with Crippen molar-refractivity contribution < 1.29 is 24.0 Å². The number of anilines is 1. The molecule has 4 rings (SSSR count). The van der Waals surface area contributed by atoms with Crippen molar-refractivity contribution in [2.45, 2.75) is 78.4 Å². The van der Waals surface area contributed by atoms with E-state index in [0.717, 1.165) is 19.3 Å². The second-order valence-corrected chi connectivity index (χ2v) is 12.2. The molecular formula is C29H40N8O6. The number of aryl methyl sites for hydroxylation is 1. The van der Waals surface area contributed by atoms with Gasteiger partial charge in [0.1, 0.15) is 18.3 Å². The summed E-state index contributed by atoms with van der Waals surface area (Å²) in [6, 6.07) is 1.65. The van der Waals surface area contributed by atoms with Crippen molar-refractivity contribution in [2.24, 2.45) is 23.8 Å². The van der Waals surface area contributed by atoms with Gasteiger partial charge in [0, 0.05) is 32.3 Å². The van der Waals surface area contributed by atoms with Crippen LogP contribution in [0.25, 0.3) is 0 Å². The molecule has 2 heterocycles. The molecule has 0 unspecified atom stereocenters. The number of rotatable bonds is 12. The van der Waals surface area contributed by atoms with E-state index in [1.165, 1.54) is 33.8 Å². The van der Waals surface area contributed by atoms with Gasteiger partial charge >= 0.3 is 0 Å². The molecule has 2 saturated carbocycles. The molecule has 2 aliphatic carbocycles. The molecule has 4 atom stereocenters. The van der Waals surface area contributed by atoms with Gasteiger partial charge in [-0.25, -0.2) is 0 Å². The van der Waals surface area contributed by atoms with Crippen LogP contribution in [0.2, 0.25) is 0 Å². The first-order valence-corrected chi connectivity index (χ1v) is 14.5. The zero-order valence-corrected chi connectivity index (χ0v) is 25.2. The van der Waals surface area contributed by atoms with Crippen molar-refractivity contribution in [1.82, 2.24) is 35.5 Å². The molecule has 0 radical (unpaired) electrons. The van der Waals surface area contributed by atoms with E-state index in [-0.39, 0.29) is 60.1 Å². The lowest BCUT2D eigenvalue weighted by atomic mass is 9.69. The quantitative estimate of drug-likeness (QED) is 0.256. The molecule has 232 valence electrons. The lowest BCUT2D eigenvalue weighted by molar-refractivity contribution is -0.138. The van der Waals surface area contributed by atoms with Crippen molar-refractivity contribution in [2.75, 3.05) is 11.9 Å². The van der Waals surface area contributed by atoms with Gasteiger partial charge in [0.25, 0.3) is 17.4 Å². The molecule has 2 aromatic heterocycles. The molecule has 0 aliphatic heterocycles. The summed E-state index contributed by atoms with van der Waals surface area (Å²) < 4.78 is 2.51. The molecule has 2 aliphatic rings. The van der Waals surface area contributed by atoms with Crippen LogP contribution in [0.5, 0.6) is 0 Å². The SMILES string of the molecule is CCNC(=O)C(=O)CC[C@H](NC(=O)c1cn(C)nn1)C(=O)Nc1cccn(CC(=O)N[C@@H]2C[C@H]3CC[C@]2(C)C3(C)C)c1=O. The van der Waals surface area contributed by atoms with Crippen LogP contribution in [0.3, 0.4) is 0 Å². The van der Waals surface area contributed by atoms with Gasteiger partial charge in [-0.05, 0) is 61.5 Å². The van der Waals surface area contributed by atoms with Gasteiger partial charge in [-0.3, -0.25) is 33.4 Å². The first-order chi connectivity index (χ1) is 20.3. The van der Waals surface area contributed by atoms with Gasteiger partial charge in [-0.2, -0.15) is 0 Å². The topological polar surface area (TPSA) is 186 Å². The third-order valence-electron chi connectivity index (χ3n) is 9.43. The molecule has 14 nitrogen and oxygen atoms in total. The molecule has 4 amide bonds. The van der Waals surface area contributed by atoms with Crippen LogP contribution in [-0.2, 0) is 32.8 Å². The maximum Gasteiger partial charge on any atom is 0.287 e. The van der Waals surface area contributed by atoms with Crippen LogP contribution < -0.4 is 26.8 Å². The molecule has 2 aromatic rings. The fourth-order valence-corrected chi connectivity index (χ4v) is 6.39. The van der Waals surface area contributed by atoms with Crippen molar-refractivity contribution in [3.8, 4) is 0 Å². The Hall–Kier alpha value is -4.36. The van der Waals surface area contributed by atoms with E-state index < -0.39 is 35.1 Å². The Labute approximate surface area is 249 Å². The van der Waals surface area contributed by atoms with Gasteiger partial charge in [0.15, 0.2) is 5.69 Å². The molecule has 0 saturated heterocycles. The van der Waals surface area contributed by atoms with Gasteiger partial charge in [0.05, 0.1) is 6.20 Å². The first kappa shape index (κ1) is 31.6. The summed E-state index contributed by atoms with van der Waals surface area (Å²) in [5.41, 5.74) is -0.673. The van der Waals surface area contributed by atoms with E-state index in [2.05, 4.69) is 52.4 Å². The molecular weight excluding hydrogens is 556 g/mol. The molecule has 0 aromatic carbocycles. The average Bonchev–Trinajstić information content (AvgIpc) is 3.54. The number of nitrogens with zero attached hydrogens (tertiary/aromatic N) is 4. The Morgan fingerprint density at radius 1 is 1.16 bits per heavy atom. The minimum Gasteiger partial charge on any atom is -0.351 e. The van der Waals surface area contributed by atoms with Crippen LogP contribution in [0.15, 0.2) is 29.3 Å². The summed E-state index contributed by atoms with van der Waals surface area (Å²) in [5.74, 6) is -2.81. The highest BCUT2D eigenvalue weighted by Gasteiger charge is 2.61. The van der Waals surface area contributed by atoms with Crippen molar-refractivity contribution in [3.05, 3.63) is 40.6 Å². The molecule has 14 heteroatoms. The van der Waals surface area contributed by atoms with Gasteiger partial charge in [0.2, 0.25) is 17.6 Å². The van der Waals surface area contributed by atoms with Crippen LogP contribution >= 0.6 is 0 Å². The number of carbonyl (C=O) groups excluding carboxylic acids is 5. The van der Waals surface area contributed by atoms with Gasteiger partial charge in [-0.15, -0.1) is 5.10 Å². The highest BCUT2D eigenvalue weighted by atomic mass is 16.2. The van der Waals surface area contributed by atoms with Crippen molar-refractivity contribution >= 4 is 35.1 Å². The standard InChI is InChI=1S/C29H40N8O6/c1-6-30-26(42)21(38)10-9-18(31-25(41)20-15-36(5)35-34-20)24(40)32-19-8-7-13-37(27(19)43)16-23(39)33-22-14-17-11-12-29(22,4)28(17,2)3/h7-8,13,15,17-18,22H,6,9-12,14,16H2,1-5H3,(H,30,42)(H,31,41)(H,32,40)(H,33,39)/t17-,18+,22-,29+/m1/s1. The van der Waals surface area contributed by atoms with Crippen LogP contribution in [0.4, 0.5) is 5.69 Å². The molecule has 2 bridgehead atoms. The number of amides is 4. The third kappa shape index (κ3) is 6.52. The summed E-state index contributed by atoms with van der Waals surface area (Å²) in [6.07, 6.45) is 5.37. The summed E-state index contributed by atoms with van der Waals surface area (Å²) in [6.45, 7) is 8.43. The normalized spacial score (nSPS) is 22.4. The number of Topliss-reactive ketones (excluding diaryl/α,β-unsaturated/α-hetero) is 1. The Bertz CT molecular complexity index is 1480. The molecule has 4 N–H and O–H groups in total. The highest BCUT2D eigenvalue weighted by Crippen LogP contribution is 2.65. The van der Waals surface area contributed by atoms with Crippen molar-refractivity contribution in [3.63, 3.8) is 0 Å². The fraction of sp³-hybridized carbons (Fsp3) is 0.586. The Balaban J connectivity index is 1.44. The Kier molecular flexibility index (Phi) is 9.16. The second kappa shape index (κ2) is 12.5. The predicted molar refractivity (Wildman–Crippen MR) is 156 cm³/mol. The summed E-state index contributed by atoms with van der Waals surface area (Å²) in [7, 11) is 1.57. The average molecular weight is 597 g/mol. The van der Waals surface area contributed by atoms with E-state index in [1.807, 2.05) is 0 Å². The number of carbonyl (C=O) groups is 5. The number of hydrogen-bond acceptors (Lipinski definition) is 8. The Morgan fingerprint density at radius 3 is 2.51 bits per heavy atom. The largest absolute Gasteiger partial charge is 0.351 e. The maximum absolute atomic E-state index is 13.3. The minimum absolute atomic E-state index is 0.0164. The zero-order valence-electron chi connectivity index (χ0n) is 25.2. The van der Waals surface area contributed by atoms with E-state index >= 15 is 0 Å². The summed E-state index contributed by atoms with van der Waals surface area (Å²) in [4.78, 5) is 76.3.